The Hall–Kier alpha value is -1.12. The molecule has 3 heteroatoms. The van der Waals surface area contributed by atoms with E-state index in [9.17, 15) is 8.78 Å². The van der Waals surface area contributed by atoms with E-state index in [1.165, 1.54) is 12.2 Å². The van der Waals surface area contributed by atoms with Crippen molar-refractivity contribution in [1.29, 1.82) is 0 Å². The van der Waals surface area contributed by atoms with Crippen LogP contribution in [-0.4, -0.2) is 6.61 Å². The van der Waals surface area contributed by atoms with E-state index >= 15 is 0 Å². The van der Waals surface area contributed by atoms with Crippen LogP contribution in [0, 0.1) is 0 Å². The molecule has 0 aliphatic carbocycles. The molecule has 0 rings (SSSR count). The number of halogens is 2. The molecule has 0 N–H and O–H groups in total. The summed E-state index contributed by atoms with van der Waals surface area (Å²) >= 11 is 0. The SMILES string of the molecule is C=C/C=C(OC(F)F)\C(=C/C)CC. The summed E-state index contributed by atoms with van der Waals surface area (Å²) in [5, 5.41) is 0. The van der Waals surface area contributed by atoms with Gasteiger partial charge in [-0.05, 0) is 25.0 Å². The first-order valence-corrected chi connectivity index (χ1v) is 4.08. The van der Waals surface area contributed by atoms with E-state index in [4.69, 9.17) is 0 Å². The normalized spacial score (nSPS) is 13.3. The molecule has 0 heterocycles. The molecule has 0 aromatic rings. The van der Waals surface area contributed by atoms with Gasteiger partial charge < -0.3 is 4.74 Å². The Bertz CT molecular complexity index is 217. The Morgan fingerprint density at radius 3 is 2.46 bits per heavy atom. The summed E-state index contributed by atoms with van der Waals surface area (Å²) in [6.07, 6.45) is 5.27. The van der Waals surface area contributed by atoms with Gasteiger partial charge in [-0.15, -0.1) is 0 Å². The van der Waals surface area contributed by atoms with Gasteiger partial charge >= 0.3 is 6.61 Å². The summed E-state index contributed by atoms with van der Waals surface area (Å²) in [5.41, 5.74) is 0.750. The predicted molar refractivity (Wildman–Crippen MR) is 49.4 cm³/mol. The number of ether oxygens (including phenoxy) is 1. The van der Waals surface area contributed by atoms with Gasteiger partial charge in [-0.25, -0.2) is 0 Å². The highest BCUT2D eigenvalue weighted by Crippen LogP contribution is 2.18. The van der Waals surface area contributed by atoms with Crippen molar-refractivity contribution in [3.05, 3.63) is 36.1 Å². The van der Waals surface area contributed by atoms with Crippen LogP contribution in [0.4, 0.5) is 8.78 Å². The summed E-state index contributed by atoms with van der Waals surface area (Å²) in [4.78, 5) is 0. The number of rotatable bonds is 5. The fourth-order valence-corrected chi connectivity index (χ4v) is 0.946. The average molecular weight is 188 g/mol. The molecule has 0 aliphatic rings. The van der Waals surface area contributed by atoms with Gasteiger partial charge in [0.25, 0.3) is 0 Å². The van der Waals surface area contributed by atoms with Gasteiger partial charge in [0.1, 0.15) is 5.76 Å². The molecule has 13 heavy (non-hydrogen) atoms. The molecule has 0 aromatic heterocycles. The molecule has 0 aromatic carbocycles. The molecule has 0 bridgehead atoms. The fraction of sp³-hybridized carbons (Fsp3) is 0.400. The quantitative estimate of drug-likeness (QED) is 0.472. The summed E-state index contributed by atoms with van der Waals surface area (Å²) in [6, 6.07) is 0. The standard InChI is InChI=1S/C10H14F2O/c1-4-7-9(13-10(11)12)8(5-2)6-3/h4-5,7,10H,1,6H2,2-3H3/b8-5-,9-7+. The lowest BCUT2D eigenvalue weighted by Gasteiger charge is -2.10. The Labute approximate surface area is 77.4 Å². The maximum atomic E-state index is 11.9. The van der Waals surface area contributed by atoms with Crippen LogP contribution in [0.2, 0.25) is 0 Å². The fourth-order valence-electron chi connectivity index (χ4n) is 0.946. The lowest BCUT2D eigenvalue weighted by Crippen LogP contribution is -2.01. The molecule has 0 aliphatic heterocycles. The predicted octanol–water partition coefficient (Wildman–Crippen LogP) is 3.65. The van der Waals surface area contributed by atoms with Crippen molar-refractivity contribution in [2.75, 3.05) is 0 Å². The Balaban J connectivity index is 4.60. The van der Waals surface area contributed by atoms with Crippen LogP contribution in [0.5, 0.6) is 0 Å². The molecular weight excluding hydrogens is 174 g/mol. The first-order chi connectivity index (χ1) is 6.15. The highest BCUT2D eigenvalue weighted by Gasteiger charge is 2.09. The van der Waals surface area contributed by atoms with Crippen molar-refractivity contribution in [2.45, 2.75) is 26.9 Å². The highest BCUT2D eigenvalue weighted by atomic mass is 19.3. The van der Waals surface area contributed by atoms with Crippen LogP contribution in [0.1, 0.15) is 20.3 Å². The van der Waals surface area contributed by atoms with Crippen LogP contribution in [-0.2, 0) is 4.74 Å². The van der Waals surface area contributed by atoms with Gasteiger partial charge in [0.15, 0.2) is 0 Å². The van der Waals surface area contributed by atoms with Crippen molar-refractivity contribution in [1.82, 2.24) is 0 Å². The molecule has 0 saturated carbocycles. The van der Waals surface area contributed by atoms with E-state index < -0.39 is 6.61 Å². The summed E-state index contributed by atoms with van der Waals surface area (Å²) < 4.78 is 28.2. The summed E-state index contributed by atoms with van der Waals surface area (Å²) in [5.74, 6) is 0.190. The van der Waals surface area contributed by atoms with Crippen LogP contribution < -0.4 is 0 Å². The van der Waals surface area contributed by atoms with Crippen LogP contribution in [0.25, 0.3) is 0 Å². The Morgan fingerprint density at radius 1 is 1.54 bits per heavy atom. The average Bonchev–Trinajstić information content (AvgIpc) is 2.05. The van der Waals surface area contributed by atoms with E-state index in [0.717, 1.165) is 5.57 Å². The lowest BCUT2D eigenvalue weighted by molar-refractivity contribution is -0.0935. The third kappa shape index (κ3) is 4.45. The molecule has 0 unspecified atom stereocenters. The zero-order chi connectivity index (χ0) is 10.3. The third-order valence-corrected chi connectivity index (χ3v) is 1.53. The topological polar surface area (TPSA) is 9.23 Å². The van der Waals surface area contributed by atoms with Crippen molar-refractivity contribution in [3.8, 4) is 0 Å². The largest absolute Gasteiger partial charge is 0.435 e. The molecule has 1 nitrogen and oxygen atoms in total. The number of alkyl halides is 2. The monoisotopic (exact) mass is 188 g/mol. The lowest BCUT2D eigenvalue weighted by atomic mass is 10.1. The molecule has 0 amide bonds. The van der Waals surface area contributed by atoms with Crippen LogP contribution in [0.15, 0.2) is 36.1 Å². The van der Waals surface area contributed by atoms with E-state index in [1.807, 2.05) is 6.92 Å². The van der Waals surface area contributed by atoms with Crippen molar-refractivity contribution < 1.29 is 13.5 Å². The van der Waals surface area contributed by atoms with Crippen LogP contribution >= 0.6 is 0 Å². The zero-order valence-electron chi connectivity index (χ0n) is 7.89. The van der Waals surface area contributed by atoms with Gasteiger partial charge in [0.2, 0.25) is 0 Å². The minimum Gasteiger partial charge on any atom is -0.435 e. The highest BCUT2D eigenvalue weighted by molar-refractivity contribution is 5.27. The van der Waals surface area contributed by atoms with Gasteiger partial charge in [-0.1, -0.05) is 25.7 Å². The molecule has 0 saturated heterocycles. The smallest absolute Gasteiger partial charge is 0.387 e. The maximum Gasteiger partial charge on any atom is 0.387 e. The second-order valence-electron chi connectivity index (χ2n) is 2.31. The molecule has 0 fully saturated rings. The van der Waals surface area contributed by atoms with Gasteiger partial charge in [0.05, 0.1) is 0 Å². The van der Waals surface area contributed by atoms with Gasteiger partial charge in [-0.2, -0.15) is 8.78 Å². The number of hydrogen-bond donors (Lipinski definition) is 0. The second kappa shape index (κ2) is 6.40. The second-order valence-corrected chi connectivity index (χ2v) is 2.31. The summed E-state index contributed by atoms with van der Waals surface area (Å²) in [7, 11) is 0. The van der Waals surface area contributed by atoms with Crippen molar-refractivity contribution in [2.24, 2.45) is 0 Å². The van der Waals surface area contributed by atoms with E-state index in [2.05, 4.69) is 11.3 Å². The van der Waals surface area contributed by atoms with Crippen molar-refractivity contribution in [3.63, 3.8) is 0 Å². The zero-order valence-corrected chi connectivity index (χ0v) is 7.89. The minimum absolute atomic E-state index is 0.190. The minimum atomic E-state index is -2.78. The number of hydrogen-bond acceptors (Lipinski definition) is 1. The number of allylic oxidation sites excluding steroid dienone is 4. The Kier molecular flexibility index (Phi) is 5.85. The molecule has 0 spiro atoms. The van der Waals surface area contributed by atoms with Crippen LogP contribution in [0.3, 0.4) is 0 Å². The van der Waals surface area contributed by atoms with E-state index in [1.54, 1.807) is 13.0 Å². The molecule has 0 radical (unpaired) electrons. The summed E-state index contributed by atoms with van der Waals surface area (Å²) in [6.45, 7) is 4.30. The van der Waals surface area contributed by atoms with Gasteiger partial charge in [-0.3, -0.25) is 0 Å². The molecular formula is C10H14F2O. The molecule has 0 atom stereocenters. The van der Waals surface area contributed by atoms with E-state index in [0.29, 0.717) is 6.42 Å². The van der Waals surface area contributed by atoms with Gasteiger partial charge in [0, 0.05) is 0 Å². The first-order valence-electron chi connectivity index (χ1n) is 4.08. The maximum absolute atomic E-state index is 11.9. The third-order valence-electron chi connectivity index (χ3n) is 1.53. The Morgan fingerprint density at radius 2 is 2.15 bits per heavy atom. The molecule has 74 valence electrons. The first kappa shape index (κ1) is 11.9. The van der Waals surface area contributed by atoms with E-state index in [-0.39, 0.29) is 5.76 Å². The van der Waals surface area contributed by atoms with Crippen molar-refractivity contribution >= 4 is 0 Å².